The topological polar surface area (TPSA) is 82.3 Å². The fourth-order valence-electron chi connectivity index (χ4n) is 1.42. The number of rotatable bonds is 3. The van der Waals surface area contributed by atoms with Crippen LogP contribution in [-0.4, -0.2) is 15.9 Å². The van der Waals surface area contributed by atoms with Crippen LogP contribution >= 0.6 is 0 Å². The molecule has 0 N–H and O–H groups in total. The van der Waals surface area contributed by atoms with Gasteiger partial charge in [-0.05, 0) is 12.1 Å². The van der Waals surface area contributed by atoms with E-state index in [0.717, 1.165) is 24.3 Å². The number of nitro groups is 1. The van der Waals surface area contributed by atoms with Gasteiger partial charge in [0.05, 0.1) is 4.92 Å². The number of carbonyl (C=O) groups is 1. The molecule has 0 aliphatic heterocycles. The van der Waals surface area contributed by atoms with Crippen LogP contribution in [0.25, 0.3) is 0 Å². The van der Waals surface area contributed by atoms with E-state index in [2.05, 4.69) is 9.72 Å². The van der Waals surface area contributed by atoms with Crippen molar-refractivity contribution in [3.05, 3.63) is 63.7 Å². The number of ether oxygens (including phenoxy) is 1. The van der Waals surface area contributed by atoms with Crippen LogP contribution in [0.5, 0.6) is 5.75 Å². The van der Waals surface area contributed by atoms with Gasteiger partial charge in [-0.3, -0.25) is 10.1 Å². The predicted octanol–water partition coefficient (Wildman–Crippen LogP) is 2.63. The molecule has 1 aromatic carbocycles. The molecule has 0 unspecified atom stereocenters. The Morgan fingerprint density at radius 2 is 1.81 bits per heavy atom. The van der Waals surface area contributed by atoms with Crippen molar-refractivity contribution in [1.82, 2.24) is 4.98 Å². The minimum absolute atomic E-state index is 0.150. The van der Waals surface area contributed by atoms with Crippen LogP contribution in [0, 0.1) is 27.8 Å². The average molecular weight is 298 g/mol. The Morgan fingerprint density at radius 1 is 1.19 bits per heavy atom. The second-order valence-corrected chi connectivity index (χ2v) is 3.74. The zero-order valence-electron chi connectivity index (χ0n) is 10.0. The van der Waals surface area contributed by atoms with E-state index in [-0.39, 0.29) is 11.4 Å². The normalized spacial score (nSPS) is 10.2. The maximum atomic E-state index is 13.3. The Morgan fingerprint density at radius 3 is 2.38 bits per heavy atom. The first kappa shape index (κ1) is 14.4. The molecule has 2 aromatic rings. The van der Waals surface area contributed by atoms with E-state index in [9.17, 15) is 28.1 Å². The second-order valence-electron chi connectivity index (χ2n) is 3.74. The molecular weight excluding hydrogens is 293 g/mol. The monoisotopic (exact) mass is 298 g/mol. The zero-order valence-corrected chi connectivity index (χ0v) is 10.0. The number of nitrogens with zero attached hydrogens (tertiary/aromatic N) is 2. The lowest BCUT2D eigenvalue weighted by atomic mass is 10.2. The molecule has 1 aromatic heterocycles. The molecule has 21 heavy (non-hydrogen) atoms. The number of aromatic nitrogens is 1. The molecule has 0 saturated heterocycles. The van der Waals surface area contributed by atoms with Crippen LogP contribution in [0.15, 0.2) is 30.3 Å². The Bertz CT molecular complexity index is 719. The van der Waals surface area contributed by atoms with Crippen molar-refractivity contribution in [2.75, 3.05) is 0 Å². The fourth-order valence-corrected chi connectivity index (χ4v) is 1.42. The van der Waals surface area contributed by atoms with Gasteiger partial charge in [0.15, 0.2) is 5.82 Å². The largest absolute Gasteiger partial charge is 0.423 e. The van der Waals surface area contributed by atoms with Gasteiger partial charge in [-0.15, -0.1) is 0 Å². The molecule has 0 fully saturated rings. The van der Waals surface area contributed by atoms with E-state index in [1.54, 1.807) is 0 Å². The number of benzene rings is 1. The Kier molecular flexibility index (Phi) is 3.83. The van der Waals surface area contributed by atoms with Crippen LogP contribution in [0.1, 0.15) is 10.4 Å². The van der Waals surface area contributed by atoms with Crippen LogP contribution in [0.3, 0.4) is 0 Å². The summed E-state index contributed by atoms with van der Waals surface area (Å²) >= 11 is 0. The number of hydrogen-bond acceptors (Lipinski definition) is 5. The highest BCUT2D eigenvalue weighted by molar-refractivity contribution is 5.91. The lowest BCUT2D eigenvalue weighted by Crippen LogP contribution is -2.13. The third-order valence-electron chi connectivity index (χ3n) is 2.36. The molecule has 0 aliphatic rings. The van der Waals surface area contributed by atoms with Crippen molar-refractivity contribution in [2.24, 2.45) is 0 Å². The summed E-state index contributed by atoms with van der Waals surface area (Å²) in [7, 11) is 0. The first-order valence-corrected chi connectivity index (χ1v) is 5.36. The van der Waals surface area contributed by atoms with E-state index in [1.807, 2.05) is 0 Å². The van der Waals surface area contributed by atoms with Gasteiger partial charge in [-0.25, -0.2) is 9.18 Å². The van der Waals surface area contributed by atoms with Crippen LogP contribution < -0.4 is 4.74 Å². The van der Waals surface area contributed by atoms with Crippen molar-refractivity contribution in [1.29, 1.82) is 0 Å². The lowest BCUT2D eigenvalue weighted by Gasteiger charge is -2.05. The standard InChI is InChI=1S/C12H5F3N2O4/c13-9-5-8(10(14)11(15)16-9)12(18)21-7-3-1-6(2-4-7)17(19)20/h1-5H. The number of pyridine rings is 1. The maximum Gasteiger partial charge on any atom is 0.346 e. The molecule has 2 rings (SSSR count). The minimum atomic E-state index is -1.77. The van der Waals surface area contributed by atoms with Crippen molar-refractivity contribution in [3.63, 3.8) is 0 Å². The number of nitro benzene ring substituents is 1. The molecule has 6 nitrogen and oxygen atoms in total. The van der Waals surface area contributed by atoms with E-state index in [0.29, 0.717) is 6.07 Å². The molecule has 0 radical (unpaired) electrons. The van der Waals surface area contributed by atoms with Gasteiger partial charge in [0.2, 0.25) is 5.95 Å². The van der Waals surface area contributed by atoms with Gasteiger partial charge in [0, 0.05) is 18.2 Å². The number of hydrogen-bond donors (Lipinski definition) is 0. The SMILES string of the molecule is O=C(Oc1ccc([N+](=O)[O-])cc1)c1cc(F)nc(F)c1F. The quantitative estimate of drug-likeness (QED) is 0.286. The highest BCUT2D eigenvalue weighted by Crippen LogP contribution is 2.19. The molecule has 108 valence electrons. The van der Waals surface area contributed by atoms with Gasteiger partial charge >= 0.3 is 5.97 Å². The zero-order chi connectivity index (χ0) is 15.6. The minimum Gasteiger partial charge on any atom is -0.423 e. The summed E-state index contributed by atoms with van der Waals surface area (Å²) in [6.45, 7) is 0. The van der Waals surface area contributed by atoms with Crippen LogP contribution in [0.2, 0.25) is 0 Å². The maximum absolute atomic E-state index is 13.3. The number of carbonyl (C=O) groups excluding carboxylic acids is 1. The molecule has 1 heterocycles. The van der Waals surface area contributed by atoms with Gasteiger partial charge in [-0.2, -0.15) is 13.8 Å². The highest BCUT2D eigenvalue weighted by Gasteiger charge is 2.21. The molecule has 0 aliphatic carbocycles. The molecule has 0 saturated carbocycles. The molecule has 0 spiro atoms. The smallest absolute Gasteiger partial charge is 0.346 e. The van der Waals surface area contributed by atoms with Crippen LogP contribution in [0.4, 0.5) is 18.9 Å². The molecular formula is C12H5F3N2O4. The fraction of sp³-hybridized carbons (Fsp3) is 0. The number of halogens is 3. The summed E-state index contributed by atoms with van der Waals surface area (Å²) in [6.07, 6.45) is 0. The third-order valence-corrected chi connectivity index (χ3v) is 2.36. The molecule has 0 bridgehead atoms. The van der Waals surface area contributed by atoms with E-state index in [4.69, 9.17) is 0 Å². The van der Waals surface area contributed by atoms with E-state index >= 15 is 0 Å². The van der Waals surface area contributed by atoms with Crippen molar-refractivity contribution in [2.45, 2.75) is 0 Å². The van der Waals surface area contributed by atoms with Gasteiger partial charge in [0.1, 0.15) is 11.3 Å². The molecule has 9 heteroatoms. The number of esters is 1. The highest BCUT2D eigenvalue weighted by atomic mass is 19.2. The van der Waals surface area contributed by atoms with Crippen LogP contribution in [-0.2, 0) is 0 Å². The van der Waals surface area contributed by atoms with E-state index < -0.39 is 34.2 Å². The Hall–Kier alpha value is -2.97. The second kappa shape index (κ2) is 5.57. The van der Waals surface area contributed by atoms with Gasteiger partial charge in [-0.1, -0.05) is 0 Å². The van der Waals surface area contributed by atoms with Crippen molar-refractivity contribution >= 4 is 11.7 Å². The lowest BCUT2D eigenvalue weighted by molar-refractivity contribution is -0.384. The summed E-state index contributed by atoms with van der Waals surface area (Å²) in [5.74, 6) is -6.32. The van der Waals surface area contributed by atoms with Crippen molar-refractivity contribution in [3.8, 4) is 5.75 Å². The first-order chi connectivity index (χ1) is 9.88. The number of non-ortho nitro benzene ring substituents is 1. The first-order valence-electron chi connectivity index (χ1n) is 5.36. The summed E-state index contributed by atoms with van der Waals surface area (Å²) in [4.78, 5) is 23.9. The Balaban J connectivity index is 2.24. The summed E-state index contributed by atoms with van der Waals surface area (Å²) in [5.41, 5.74) is -1.22. The third kappa shape index (κ3) is 3.14. The van der Waals surface area contributed by atoms with Gasteiger partial charge < -0.3 is 4.74 Å². The van der Waals surface area contributed by atoms with Crippen molar-refractivity contribution < 1.29 is 27.6 Å². The summed E-state index contributed by atoms with van der Waals surface area (Å²) in [5, 5.41) is 10.4. The Labute approximate surface area is 114 Å². The van der Waals surface area contributed by atoms with Gasteiger partial charge in [0.25, 0.3) is 11.6 Å². The predicted molar refractivity (Wildman–Crippen MR) is 62.2 cm³/mol. The summed E-state index contributed by atoms with van der Waals surface area (Å²) < 4.78 is 43.7. The average Bonchev–Trinajstić information content (AvgIpc) is 2.43. The summed E-state index contributed by atoms with van der Waals surface area (Å²) in [6, 6.07) is 4.65. The molecule has 0 amide bonds. The van der Waals surface area contributed by atoms with E-state index in [1.165, 1.54) is 0 Å². The molecule has 0 atom stereocenters.